The molecule has 105 heavy (non-hydrogen) atoms. The molecule has 10 nitrogen and oxygen atoms in total. The van der Waals surface area contributed by atoms with Gasteiger partial charge in [0.1, 0.15) is 0 Å². The van der Waals surface area contributed by atoms with Crippen molar-refractivity contribution >= 4 is 32.6 Å². The van der Waals surface area contributed by atoms with E-state index in [1.807, 2.05) is 0 Å². The van der Waals surface area contributed by atoms with Gasteiger partial charge in [0.05, 0.1) is 59.5 Å². The Morgan fingerprint density at radius 3 is 0.314 bits per heavy atom. The summed E-state index contributed by atoms with van der Waals surface area (Å²) in [6.07, 6.45) is 70.1. The van der Waals surface area contributed by atoms with Gasteiger partial charge >= 0.3 is 25.8 Å². The zero-order chi connectivity index (χ0) is 77.8. The number of unbranched alkanes of at least 4 members (excludes halogenated alkanes) is 36. The van der Waals surface area contributed by atoms with Crippen molar-refractivity contribution in [2.24, 2.45) is 53.3 Å². The van der Waals surface area contributed by atoms with Crippen molar-refractivity contribution in [3.8, 4) is 0 Å². The summed E-state index contributed by atoms with van der Waals surface area (Å²) in [5, 5.41) is 0. The first-order chi connectivity index (χ1) is 50.2. The summed E-state index contributed by atoms with van der Waals surface area (Å²) in [6, 6.07) is 0. The Kier molecular flexibility index (Phi) is 104. The van der Waals surface area contributed by atoms with E-state index in [0.29, 0.717) is 0 Å². The van der Waals surface area contributed by atoms with Crippen molar-refractivity contribution in [3.05, 3.63) is 0 Å². The molecule has 0 bridgehead atoms. The fourth-order valence-corrected chi connectivity index (χ4v) is 15.4. The van der Waals surface area contributed by atoms with Crippen LogP contribution in [0.15, 0.2) is 0 Å². The van der Waals surface area contributed by atoms with Gasteiger partial charge < -0.3 is 40.7 Å². The minimum absolute atomic E-state index is 0. The fraction of sp³-hybridized carbons (Fsp3) is 0.989. The summed E-state index contributed by atoms with van der Waals surface area (Å²) >= 11 is 0. The number of hydrogen-bond donors (Lipinski definition) is 0. The molecular weight excluding hydrogens is 1400 g/mol. The molecule has 0 saturated carbocycles. The minimum atomic E-state index is -1.17. The summed E-state index contributed by atoms with van der Waals surface area (Å²) in [5.41, 5.74) is 0. The van der Waals surface area contributed by atoms with Crippen LogP contribution in [0.5, 0.6) is 0 Å². The Morgan fingerprint density at radius 2 is 0.229 bits per heavy atom. The van der Waals surface area contributed by atoms with E-state index in [9.17, 15) is 0 Å². The third kappa shape index (κ3) is 111. The maximum absolute atomic E-state index is 7.50. The average Bonchev–Trinajstić information content (AvgIpc) is 1.51. The first-order valence-electron chi connectivity index (χ1n) is 45.5. The van der Waals surface area contributed by atoms with Crippen molar-refractivity contribution in [2.45, 2.75) is 471 Å². The van der Waals surface area contributed by atoms with Crippen LogP contribution < -0.4 is 0 Å². The molecule has 0 saturated heterocycles. The molecule has 0 aromatic carbocycles. The normalized spacial score (nSPS) is 11.9. The van der Waals surface area contributed by atoms with E-state index in [0.717, 1.165) is 171 Å². The first-order valence-corrected chi connectivity index (χ1v) is 48.8. The monoisotopic (exact) mass is 1590 g/mol. The van der Waals surface area contributed by atoms with Gasteiger partial charge in [-0.15, -0.1) is 0 Å². The molecule has 0 unspecified atom stereocenters. The zero-order valence-corrected chi connectivity index (χ0v) is 77.7. The van der Waals surface area contributed by atoms with Gasteiger partial charge in [0, 0.05) is 16.5 Å². The summed E-state index contributed by atoms with van der Waals surface area (Å²) in [4.78, 5) is 7.50. The quantitative estimate of drug-likeness (QED) is 0.0332. The predicted octanol–water partition coefficient (Wildman–Crippen LogP) is 33.4. The van der Waals surface area contributed by atoms with Crippen LogP contribution >= 0.6 is 25.8 Å². The van der Waals surface area contributed by atoms with Gasteiger partial charge in [-0.3, -0.25) is 4.79 Å². The Hall–Kier alpha value is 1.09. The molecule has 0 N–H and O–H groups in total. The summed E-state index contributed by atoms with van der Waals surface area (Å²) in [7, 11) is -3.51. The molecule has 0 amide bonds. The second-order valence-electron chi connectivity index (χ2n) is 34.7. The topological polar surface area (TPSA) is 100 Å². The summed E-state index contributed by atoms with van der Waals surface area (Å²) in [5.74, 6) is 7.51. The molecule has 0 fully saturated rings. The smallest absolute Gasteiger partial charge is 0.312 e. The second kappa shape index (κ2) is 95.7. The summed E-state index contributed by atoms with van der Waals surface area (Å²) < 4.78 is 54.5. The molecule has 638 valence electrons. The molecule has 0 rings (SSSR count). The van der Waals surface area contributed by atoms with Gasteiger partial charge in [-0.1, -0.05) is 414 Å². The van der Waals surface area contributed by atoms with Crippen molar-refractivity contribution in [1.82, 2.24) is 0 Å². The maximum atomic E-state index is 7.50. The molecule has 2 radical (unpaired) electrons. The van der Waals surface area contributed by atoms with Gasteiger partial charge in [-0.2, -0.15) is 0 Å². The molecule has 14 heteroatoms. The van der Waals surface area contributed by atoms with Crippen LogP contribution in [-0.2, 0) is 62.0 Å². The van der Waals surface area contributed by atoms with E-state index in [-0.39, 0.29) is 16.5 Å². The summed E-state index contributed by atoms with van der Waals surface area (Å²) in [6.45, 7) is 53.2. The SMILES string of the molecule is CC(C)CCCCCCCOP(OCCCCCCCC(C)C)OCCCCCCCC(C)C.CC(C)CCCCCCCOP(OCCCCCCCC(C)C)OCCCCCCCC(C)C.CC(C)CCCCCCCOP(OCCCCCCCC(C)C)OCCCCCCCC(C)C.[C]=O.[Ni]. The van der Waals surface area contributed by atoms with Gasteiger partial charge in [0.25, 0.3) is 6.79 Å². The van der Waals surface area contributed by atoms with Crippen molar-refractivity contribution in [3.63, 3.8) is 0 Å². The van der Waals surface area contributed by atoms with Crippen LogP contribution in [0.1, 0.15) is 471 Å². The molecule has 0 spiro atoms. The Morgan fingerprint density at radius 1 is 0.152 bits per heavy atom. The molecule has 0 aromatic heterocycles. The van der Waals surface area contributed by atoms with E-state index < -0.39 is 25.8 Å². The van der Waals surface area contributed by atoms with Gasteiger partial charge in [-0.25, -0.2) is 0 Å². The van der Waals surface area contributed by atoms with Crippen LogP contribution in [0.4, 0.5) is 0 Å². The molecular formula is C91H189NiO10P3. The van der Waals surface area contributed by atoms with Gasteiger partial charge in [0.2, 0.25) is 0 Å². The van der Waals surface area contributed by atoms with Crippen LogP contribution in [0.2, 0.25) is 0 Å². The number of carbonyl (C=O) groups excluding carboxylic acids is 1. The standard InChI is InChI=1S/3C30H63O3P.CO.Ni/c3*1-28(2)22-16-10-7-13-19-25-31-34(32-26-20-14-8-11-17-23-29(3)4)33-27-21-15-9-12-18-24-30(5)6;1-2;/h3*28-30H,7-27H2,1-6H3;;. The van der Waals surface area contributed by atoms with E-state index in [1.54, 1.807) is 0 Å². The van der Waals surface area contributed by atoms with E-state index >= 15 is 0 Å². The number of rotatable bonds is 81. The van der Waals surface area contributed by atoms with E-state index in [2.05, 4.69) is 131 Å². The van der Waals surface area contributed by atoms with Gasteiger partial charge in [0.15, 0.2) is 0 Å². The predicted molar refractivity (Wildman–Crippen MR) is 463 cm³/mol. The molecule has 0 aliphatic carbocycles. The van der Waals surface area contributed by atoms with E-state index in [1.165, 1.54) is 289 Å². The van der Waals surface area contributed by atoms with Crippen molar-refractivity contribution < 1.29 is 62.0 Å². The second-order valence-corrected chi connectivity index (χ2v) is 38.4. The van der Waals surface area contributed by atoms with Crippen LogP contribution in [0.25, 0.3) is 0 Å². The first kappa shape index (κ1) is 115. The average molecular weight is 1600 g/mol. The third-order valence-corrected chi connectivity index (χ3v) is 22.6. The fourth-order valence-electron chi connectivity index (χ4n) is 12.3. The van der Waals surface area contributed by atoms with Crippen LogP contribution in [-0.4, -0.2) is 66.3 Å². The minimum Gasteiger partial charge on any atom is -0.312 e. The molecule has 0 heterocycles. The van der Waals surface area contributed by atoms with Crippen LogP contribution in [0, 0.1) is 53.3 Å². The van der Waals surface area contributed by atoms with E-state index in [4.69, 9.17) is 45.5 Å². The third-order valence-electron chi connectivity index (χ3n) is 19.1. The largest absolute Gasteiger partial charge is 0.332 e. The molecule has 0 aromatic rings. The molecule has 0 aliphatic rings. The Labute approximate surface area is 674 Å². The van der Waals surface area contributed by atoms with Crippen LogP contribution in [0.3, 0.4) is 0 Å². The Balaban J connectivity index is -0.000000468. The van der Waals surface area contributed by atoms with Crippen molar-refractivity contribution in [1.29, 1.82) is 0 Å². The zero-order valence-electron chi connectivity index (χ0n) is 74.0. The van der Waals surface area contributed by atoms with Crippen molar-refractivity contribution in [2.75, 3.05) is 59.5 Å². The number of hydrogen-bond acceptors (Lipinski definition) is 10. The van der Waals surface area contributed by atoms with Gasteiger partial charge in [-0.05, 0) is 111 Å². The maximum Gasteiger partial charge on any atom is 0.332 e. The molecule has 0 aliphatic heterocycles. The Bertz CT molecular complexity index is 1190. The molecule has 0 atom stereocenters.